The van der Waals surface area contributed by atoms with Crippen molar-refractivity contribution in [2.24, 2.45) is 0 Å². The number of rotatable bonds is 7. The molecule has 126 valence electrons. The van der Waals surface area contributed by atoms with Gasteiger partial charge >= 0.3 is 0 Å². The molecule has 0 spiro atoms. The zero-order valence-corrected chi connectivity index (χ0v) is 14.2. The minimum absolute atomic E-state index is 0.0719. The van der Waals surface area contributed by atoms with E-state index in [0.29, 0.717) is 28.6 Å². The van der Waals surface area contributed by atoms with Crippen molar-refractivity contribution in [1.82, 2.24) is 5.32 Å². The zero-order chi connectivity index (χ0) is 17.5. The number of nitrogens with one attached hydrogen (secondary N) is 1. The predicted octanol–water partition coefficient (Wildman–Crippen LogP) is 3.25. The second-order valence-corrected chi connectivity index (χ2v) is 5.49. The molecule has 2 rings (SSSR count). The number of ketones is 1. The van der Waals surface area contributed by atoms with E-state index in [1.165, 1.54) is 14.0 Å². The van der Waals surface area contributed by atoms with E-state index in [4.69, 9.17) is 21.1 Å². The second-order valence-electron chi connectivity index (χ2n) is 5.08. The Labute approximate surface area is 145 Å². The summed E-state index contributed by atoms with van der Waals surface area (Å²) < 4.78 is 10.6. The molecule has 0 aromatic heterocycles. The van der Waals surface area contributed by atoms with E-state index in [-0.39, 0.29) is 18.3 Å². The van der Waals surface area contributed by atoms with Gasteiger partial charge in [-0.15, -0.1) is 0 Å². The Kier molecular flexibility index (Phi) is 6.21. The van der Waals surface area contributed by atoms with Gasteiger partial charge in [-0.1, -0.05) is 29.8 Å². The van der Waals surface area contributed by atoms with Crippen molar-refractivity contribution < 1.29 is 19.1 Å². The van der Waals surface area contributed by atoms with Crippen molar-refractivity contribution in [1.29, 1.82) is 0 Å². The second kappa shape index (κ2) is 8.36. The summed E-state index contributed by atoms with van der Waals surface area (Å²) in [6.45, 7) is 1.62. The molecule has 0 heterocycles. The first-order valence-corrected chi connectivity index (χ1v) is 7.71. The van der Waals surface area contributed by atoms with E-state index < -0.39 is 0 Å². The van der Waals surface area contributed by atoms with E-state index >= 15 is 0 Å². The normalized spacial score (nSPS) is 10.1. The Morgan fingerprint density at radius 1 is 1.12 bits per heavy atom. The van der Waals surface area contributed by atoms with Gasteiger partial charge in [-0.3, -0.25) is 9.59 Å². The van der Waals surface area contributed by atoms with Gasteiger partial charge < -0.3 is 14.8 Å². The Bertz CT molecular complexity index is 746. The number of benzene rings is 2. The molecule has 0 saturated carbocycles. The van der Waals surface area contributed by atoms with Crippen molar-refractivity contribution >= 4 is 23.3 Å². The lowest BCUT2D eigenvalue weighted by Crippen LogP contribution is -2.28. The standard InChI is InChI=1S/C18H18ClNO4/c1-12(21)13-7-8-16(17(9-13)23-2)24-11-18(22)20-10-14-5-3-4-6-15(14)19/h3-9H,10-11H2,1-2H3,(H,20,22). The summed E-state index contributed by atoms with van der Waals surface area (Å²) in [4.78, 5) is 23.3. The number of hydrogen-bond donors (Lipinski definition) is 1. The van der Waals surface area contributed by atoms with Crippen LogP contribution in [0.3, 0.4) is 0 Å². The van der Waals surface area contributed by atoms with Crippen LogP contribution in [0.5, 0.6) is 11.5 Å². The maximum absolute atomic E-state index is 11.9. The average Bonchev–Trinajstić information content (AvgIpc) is 2.58. The van der Waals surface area contributed by atoms with Crippen LogP contribution in [-0.2, 0) is 11.3 Å². The number of halogens is 1. The lowest BCUT2D eigenvalue weighted by molar-refractivity contribution is -0.123. The van der Waals surface area contributed by atoms with Crippen LogP contribution in [0.2, 0.25) is 5.02 Å². The molecule has 1 amide bonds. The van der Waals surface area contributed by atoms with Gasteiger partial charge in [0.15, 0.2) is 23.9 Å². The minimum Gasteiger partial charge on any atom is -0.493 e. The van der Waals surface area contributed by atoms with Crippen LogP contribution in [-0.4, -0.2) is 25.4 Å². The van der Waals surface area contributed by atoms with E-state index in [2.05, 4.69) is 5.32 Å². The lowest BCUT2D eigenvalue weighted by Gasteiger charge is -2.12. The molecule has 0 radical (unpaired) electrons. The molecule has 2 aromatic carbocycles. The fraction of sp³-hybridized carbons (Fsp3) is 0.222. The highest BCUT2D eigenvalue weighted by molar-refractivity contribution is 6.31. The Morgan fingerprint density at radius 3 is 2.54 bits per heavy atom. The fourth-order valence-electron chi connectivity index (χ4n) is 2.04. The summed E-state index contributed by atoms with van der Waals surface area (Å²) in [5.74, 6) is 0.446. The lowest BCUT2D eigenvalue weighted by atomic mass is 10.1. The molecule has 0 fully saturated rings. The molecule has 2 aromatic rings. The Hall–Kier alpha value is -2.53. The van der Waals surface area contributed by atoms with Crippen LogP contribution in [0.1, 0.15) is 22.8 Å². The molecular formula is C18H18ClNO4. The summed E-state index contributed by atoms with van der Waals surface area (Å²) in [5.41, 5.74) is 1.35. The molecule has 6 heteroatoms. The van der Waals surface area contributed by atoms with E-state index in [1.807, 2.05) is 18.2 Å². The average molecular weight is 348 g/mol. The number of carbonyl (C=O) groups excluding carboxylic acids is 2. The van der Waals surface area contributed by atoms with Crippen molar-refractivity contribution in [3.05, 3.63) is 58.6 Å². The van der Waals surface area contributed by atoms with E-state index in [9.17, 15) is 9.59 Å². The van der Waals surface area contributed by atoms with Crippen LogP contribution in [0.25, 0.3) is 0 Å². The first-order chi connectivity index (χ1) is 11.5. The first kappa shape index (κ1) is 17.8. The van der Waals surface area contributed by atoms with Crippen molar-refractivity contribution in [3.8, 4) is 11.5 Å². The summed E-state index contributed by atoms with van der Waals surface area (Å²) in [6, 6.07) is 12.1. The molecule has 0 aliphatic carbocycles. The zero-order valence-electron chi connectivity index (χ0n) is 13.5. The number of ether oxygens (including phenoxy) is 2. The fourth-order valence-corrected chi connectivity index (χ4v) is 2.24. The minimum atomic E-state index is -0.285. The number of amides is 1. The molecule has 0 atom stereocenters. The monoisotopic (exact) mass is 347 g/mol. The van der Waals surface area contributed by atoms with Gasteiger partial charge in [0.2, 0.25) is 0 Å². The molecule has 1 N–H and O–H groups in total. The van der Waals surface area contributed by atoms with Gasteiger partial charge in [0, 0.05) is 17.1 Å². The number of Topliss-reactive ketones (excluding diaryl/α,β-unsaturated/α-hetero) is 1. The van der Waals surface area contributed by atoms with Gasteiger partial charge in [-0.05, 0) is 36.8 Å². The van der Waals surface area contributed by atoms with Gasteiger partial charge in [0.25, 0.3) is 5.91 Å². The third kappa shape index (κ3) is 4.73. The largest absolute Gasteiger partial charge is 0.493 e. The molecule has 0 aliphatic rings. The smallest absolute Gasteiger partial charge is 0.258 e. The summed E-state index contributed by atoms with van der Waals surface area (Å²) in [6.07, 6.45) is 0. The maximum atomic E-state index is 11.9. The maximum Gasteiger partial charge on any atom is 0.258 e. The van der Waals surface area contributed by atoms with Gasteiger partial charge in [-0.25, -0.2) is 0 Å². The van der Waals surface area contributed by atoms with Crippen LogP contribution < -0.4 is 14.8 Å². The molecule has 0 saturated heterocycles. The van der Waals surface area contributed by atoms with Crippen LogP contribution in [0.4, 0.5) is 0 Å². The van der Waals surface area contributed by atoms with Gasteiger partial charge in [0.05, 0.1) is 7.11 Å². The highest BCUT2D eigenvalue weighted by Gasteiger charge is 2.10. The van der Waals surface area contributed by atoms with Crippen LogP contribution in [0, 0.1) is 0 Å². The Morgan fingerprint density at radius 2 is 1.88 bits per heavy atom. The number of carbonyl (C=O) groups is 2. The van der Waals surface area contributed by atoms with Crippen molar-refractivity contribution in [2.75, 3.05) is 13.7 Å². The van der Waals surface area contributed by atoms with Crippen LogP contribution in [0.15, 0.2) is 42.5 Å². The predicted molar refractivity (Wildman–Crippen MR) is 91.8 cm³/mol. The van der Waals surface area contributed by atoms with Crippen LogP contribution >= 0.6 is 11.6 Å². The third-order valence-corrected chi connectivity index (χ3v) is 3.73. The molecular weight excluding hydrogens is 330 g/mol. The van der Waals surface area contributed by atoms with Crippen molar-refractivity contribution in [2.45, 2.75) is 13.5 Å². The Balaban J connectivity index is 1.92. The quantitative estimate of drug-likeness (QED) is 0.781. The molecule has 0 bridgehead atoms. The van der Waals surface area contributed by atoms with E-state index in [1.54, 1.807) is 24.3 Å². The number of hydrogen-bond acceptors (Lipinski definition) is 4. The highest BCUT2D eigenvalue weighted by atomic mass is 35.5. The van der Waals surface area contributed by atoms with Crippen molar-refractivity contribution in [3.63, 3.8) is 0 Å². The van der Waals surface area contributed by atoms with E-state index in [0.717, 1.165) is 5.56 Å². The molecule has 0 aliphatic heterocycles. The third-order valence-electron chi connectivity index (χ3n) is 3.36. The SMILES string of the molecule is COc1cc(C(C)=O)ccc1OCC(=O)NCc1ccccc1Cl. The molecule has 24 heavy (non-hydrogen) atoms. The topological polar surface area (TPSA) is 64.6 Å². The van der Waals surface area contributed by atoms with Gasteiger partial charge in [-0.2, -0.15) is 0 Å². The van der Waals surface area contributed by atoms with Gasteiger partial charge in [0.1, 0.15) is 0 Å². The highest BCUT2D eigenvalue weighted by Crippen LogP contribution is 2.28. The number of methoxy groups -OCH3 is 1. The molecule has 5 nitrogen and oxygen atoms in total. The summed E-state index contributed by atoms with van der Waals surface area (Å²) >= 11 is 6.03. The summed E-state index contributed by atoms with van der Waals surface area (Å²) in [5, 5.41) is 3.33. The summed E-state index contributed by atoms with van der Waals surface area (Å²) in [7, 11) is 1.48. The first-order valence-electron chi connectivity index (χ1n) is 7.33. The molecule has 0 unspecified atom stereocenters.